The summed E-state index contributed by atoms with van der Waals surface area (Å²) in [5.41, 5.74) is 3.03. The summed E-state index contributed by atoms with van der Waals surface area (Å²) in [6, 6.07) is 9.86. The molecule has 1 saturated carbocycles. The molecule has 2 N–H and O–H groups in total. The average molecular weight is 364 g/mol. The normalized spacial score (nSPS) is 16.4. The molecule has 27 heavy (non-hydrogen) atoms. The van der Waals surface area contributed by atoms with E-state index in [1.165, 1.54) is 0 Å². The predicted molar refractivity (Wildman–Crippen MR) is 97.9 cm³/mol. The maximum absolute atomic E-state index is 12.8. The van der Waals surface area contributed by atoms with Crippen molar-refractivity contribution in [3.8, 4) is 0 Å². The van der Waals surface area contributed by atoms with E-state index in [0.29, 0.717) is 31.4 Å². The summed E-state index contributed by atoms with van der Waals surface area (Å²) in [6.45, 7) is 1.65. The molecule has 3 aromatic rings. The highest BCUT2D eigenvalue weighted by Crippen LogP contribution is 2.21. The van der Waals surface area contributed by atoms with Gasteiger partial charge >= 0.3 is 0 Å². The molecular formula is C19H20N6O2. The molecule has 0 radical (unpaired) electrons. The molecule has 2 aliphatic rings. The number of fused-ring (bicyclic) bond motifs is 2. The van der Waals surface area contributed by atoms with Crippen LogP contribution < -0.4 is 5.32 Å². The minimum absolute atomic E-state index is 0.0424. The van der Waals surface area contributed by atoms with Crippen molar-refractivity contribution < 1.29 is 9.59 Å². The zero-order valence-corrected chi connectivity index (χ0v) is 14.8. The second-order valence-corrected chi connectivity index (χ2v) is 7.20. The van der Waals surface area contributed by atoms with Crippen LogP contribution in [0.25, 0.3) is 10.9 Å². The minimum Gasteiger partial charge on any atom is -0.348 e. The van der Waals surface area contributed by atoms with E-state index < -0.39 is 0 Å². The maximum Gasteiger partial charge on any atom is 0.272 e. The van der Waals surface area contributed by atoms with Gasteiger partial charge < -0.3 is 10.2 Å². The Hall–Kier alpha value is -3.16. The first-order chi connectivity index (χ1) is 13.2. The molecule has 0 spiro atoms. The van der Waals surface area contributed by atoms with Crippen LogP contribution in [-0.4, -0.2) is 49.3 Å². The van der Waals surface area contributed by atoms with Gasteiger partial charge in [-0.1, -0.05) is 18.2 Å². The molecule has 5 rings (SSSR count). The van der Waals surface area contributed by atoms with Gasteiger partial charge in [0, 0.05) is 18.0 Å². The van der Waals surface area contributed by atoms with Crippen LogP contribution in [0.3, 0.4) is 0 Å². The van der Waals surface area contributed by atoms with Crippen LogP contribution in [0.1, 0.15) is 34.7 Å². The largest absolute Gasteiger partial charge is 0.348 e. The van der Waals surface area contributed by atoms with E-state index in [9.17, 15) is 9.59 Å². The number of rotatable bonds is 4. The van der Waals surface area contributed by atoms with E-state index in [-0.39, 0.29) is 18.2 Å². The van der Waals surface area contributed by atoms with E-state index in [1.807, 2.05) is 33.8 Å². The molecule has 138 valence electrons. The van der Waals surface area contributed by atoms with E-state index in [4.69, 9.17) is 0 Å². The Morgan fingerprint density at radius 2 is 2.07 bits per heavy atom. The Morgan fingerprint density at radius 1 is 1.22 bits per heavy atom. The highest BCUT2D eigenvalue weighted by Gasteiger charge is 2.27. The number of carbonyl (C=O) groups excluding carboxylic acids is 2. The van der Waals surface area contributed by atoms with Crippen LogP contribution in [-0.2, 0) is 24.3 Å². The highest BCUT2D eigenvalue weighted by atomic mass is 16.2. The number of hydrogen-bond donors (Lipinski definition) is 2. The molecule has 1 aromatic carbocycles. The van der Waals surface area contributed by atoms with Gasteiger partial charge in [-0.3, -0.25) is 19.4 Å². The summed E-state index contributed by atoms with van der Waals surface area (Å²) in [7, 11) is 0. The number of hydrogen-bond acceptors (Lipinski definition) is 4. The van der Waals surface area contributed by atoms with Gasteiger partial charge in [0.05, 0.1) is 36.4 Å². The van der Waals surface area contributed by atoms with Crippen molar-refractivity contribution in [2.45, 2.75) is 38.4 Å². The Morgan fingerprint density at radius 3 is 2.93 bits per heavy atom. The Labute approximate surface area is 155 Å². The van der Waals surface area contributed by atoms with Crippen LogP contribution >= 0.6 is 0 Å². The summed E-state index contributed by atoms with van der Waals surface area (Å²) in [4.78, 5) is 26.8. The third-order valence-electron chi connectivity index (χ3n) is 5.16. The van der Waals surface area contributed by atoms with Gasteiger partial charge in [0.1, 0.15) is 0 Å². The fourth-order valence-corrected chi connectivity index (χ4v) is 3.49. The first-order valence-electron chi connectivity index (χ1n) is 9.25. The van der Waals surface area contributed by atoms with Crippen LogP contribution in [0.5, 0.6) is 0 Å². The summed E-state index contributed by atoms with van der Waals surface area (Å²) in [5.74, 6) is -0.0814. The van der Waals surface area contributed by atoms with Crippen molar-refractivity contribution in [2.24, 2.45) is 0 Å². The van der Waals surface area contributed by atoms with Gasteiger partial charge in [-0.15, -0.1) is 0 Å². The zero-order valence-electron chi connectivity index (χ0n) is 14.8. The van der Waals surface area contributed by atoms with E-state index >= 15 is 0 Å². The summed E-state index contributed by atoms with van der Waals surface area (Å²) < 4.78 is 1.83. The monoisotopic (exact) mass is 364 g/mol. The minimum atomic E-state index is -0.124. The highest BCUT2D eigenvalue weighted by molar-refractivity contribution is 5.93. The molecule has 8 nitrogen and oxygen atoms in total. The Kier molecular flexibility index (Phi) is 3.70. The second-order valence-electron chi connectivity index (χ2n) is 7.20. The summed E-state index contributed by atoms with van der Waals surface area (Å²) in [5, 5.41) is 15.6. The molecule has 1 aliphatic carbocycles. The van der Waals surface area contributed by atoms with Gasteiger partial charge in [-0.05, 0) is 25.0 Å². The molecule has 8 heteroatoms. The number of H-pyrrole nitrogens is 1. The molecule has 0 atom stereocenters. The van der Waals surface area contributed by atoms with E-state index in [0.717, 1.165) is 35.1 Å². The fraction of sp³-hybridized carbons (Fsp3) is 0.368. The van der Waals surface area contributed by atoms with Gasteiger partial charge in [0.25, 0.3) is 5.91 Å². The molecule has 1 fully saturated rings. The van der Waals surface area contributed by atoms with E-state index in [1.54, 1.807) is 6.07 Å². The lowest BCUT2D eigenvalue weighted by molar-refractivity contribution is -0.132. The molecule has 2 aromatic heterocycles. The predicted octanol–water partition coefficient (Wildman–Crippen LogP) is 1.24. The fourth-order valence-electron chi connectivity index (χ4n) is 3.49. The van der Waals surface area contributed by atoms with E-state index in [2.05, 4.69) is 20.6 Å². The summed E-state index contributed by atoms with van der Waals surface area (Å²) in [6.07, 6.45) is 2.37. The second kappa shape index (κ2) is 6.22. The molecule has 2 amide bonds. The van der Waals surface area contributed by atoms with Crippen LogP contribution in [0.4, 0.5) is 0 Å². The third kappa shape index (κ3) is 3.07. The lowest BCUT2D eigenvalue weighted by atomic mass is 10.1. The maximum atomic E-state index is 12.8. The number of benzene rings is 1. The lowest BCUT2D eigenvalue weighted by Gasteiger charge is -2.27. The first-order valence-corrected chi connectivity index (χ1v) is 9.25. The van der Waals surface area contributed by atoms with Crippen molar-refractivity contribution >= 4 is 22.7 Å². The Bertz CT molecular complexity index is 1030. The Balaban J connectivity index is 1.29. The number of para-hydroxylation sites is 1. The van der Waals surface area contributed by atoms with Gasteiger partial charge in [-0.2, -0.15) is 10.2 Å². The van der Waals surface area contributed by atoms with Crippen LogP contribution in [0, 0.1) is 0 Å². The third-order valence-corrected chi connectivity index (χ3v) is 5.16. The topological polar surface area (TPSA) is 95.9 Å². The summed E-state index contributed by atoms with van der Waals surface area (Å²) >= 11 is 0. The molecule has 3 heterocycles. The van der Waals surface area contributed by atoms with Crippen molar-refractivity contribution in [1.29, 1.82) is 0 Å². The zero-order chi connectivity index (χ0) is 18.4. The first kappa shape index (κ1) is 16.0. The van der Waals surface area contributed by atoms with Crippen molar-refractivity contribution in [3.05, 3.63) is 47.4 Å². The average Bonchev–Trinajstić information content (AvgIpc) is 3.25. The number of aromatic amines is 1. The molecule has 0 bridgehead atoms. The molecule has 0 unspecified atom stereocenters. The van der Waals surface area contributed by atoms with Crippen molar-refractivity contribution in [2.75, 3.05) is 6.54 Å². The van der Waals surface area contributed by atoms with Crippen LogP contribution in [0.2, 0.25) is 0 Å². The van der Waals surface area contributed by atoms with Gasteiger partial charge in [0.2, 0.25) is 5.91 Å². The number of nitrogens with one attached hydrogen (secondary N) is 2. The van der Waals surface area contributed by atoms with Crippen LogP contribution in [0.15, 0.2) is 30.3 Å². The number of aromatic nitrogens is 4. The number of carbonyl (C=O) groups is 2. The standard InChI is InChI=1S/C19H20N6O2/c26-18(10-16-14-3-1-2-4-15(14)21-22-16)24-7-8-25-13(11-24)9-17(23-25)19(27)20-12-5-6-12/h1-4,9,12H,5-8,10-11H2,(H,20,27)(H,21,22). The number of amides is 2. The quantitative estimate of drug-likeness (QED) is 0.728. The molecular weight excluding hydrogens is 344 g/mol. The van der Waals surface area contributed by atoms with Gasteiger partial charge in [0.15, 0.2) is 5.69 Å². The van der Waals surface area contributed by atoms with Crippen molar-refractivity contribution in [3.63, 3.8) is 0 Å². The number of nitrogens with zero attached hydrogens (tertiary/aromatic N) is 4. The molecule has 0 saturated heterocycles. The smallest absolute Gasteiger partial charge is 0.272 e. The molecule has 1 aliphatic heterocycles. The van der Waals surface area contributed by atoms with Crippen molar-refractivity contribution in [1.82, 2.24) is 30.2 Å². The SMILES string of the molecule is O=C(NC1CC1)c1cc2n(n1)CCN(C(=O)Cc1[nH]nc3ccccc13)C2. The lowest BCUT2D eigenvalue weighted by Crippen LogP contribution is -2.39. The van der Waals surface area contributed by atoms with Gasteiger partial charge in [-0.25, -0.2) is 0 Å².